The molecule has 1 aromatic heterocycles. The summed E-state index contributed by atoms with van der Waals surface area (Å²) in [6, 6.07) is 4.52. The van der Waals surface area contributed by atoms with E-state index in [1.807, 2.05) is 6.92 Å². The van der Waals surface area contributed by atoms with Gasteiger partial charge in [0.15, 0.2) is 18.2 Å². The van der Waals surface area contributed by atoms with Crippen LogP contribution >= 0.6 is 11.6 Å². The van der Waals surface area contributed by atoms with Crippen molar-refractivity contribution in [3.63, 3.8) is 0 Å². The third-order valence-electron chi connectivity index (χ3n) is 2.52. The van der Waals surface area contributed by atoms with E-state index in [9.17, 15) is 4.79 Å². The molecule has 1 N–H and O–H groups in total. The summed E-state index contributed by atoms with van der Waals surface area (Å²) in [7, 11) is 0. The van der Waals surface area contributed by atoms with Crippen molar-refractivity contribution in [1.82, 2.24) is 10.1 Å². The first kappa shape index (κ1) is 14.3. The molecule has 0 bridgehead atoms. The lowest BCUT2D eigenvalue weighted by Gasteiger charge is -2.08. The van der Waals surface area contributed by atoms with E-state index in [2.05, 4.69) is 10.1 Å². The molecule has 0 aliphatic heterocycles. The molecule has 0 spiro atoms. The van der Waals surface area contributed by atoms with E-state index in [0.717, 1.165) is 12.8 Å². The Hall–Kier alpha value is -2.08. The van der Waals surface area contributed by atoms with Crippen molar-refractivity contribution < 1.29 is 19.2 Å². The molecule has 6 nitrogen and oxygen atoms in total. The number of aryl methyl sites for hydroxylation is 1. The average molecular weight is 297 g/mol. The molecule has 1 aromatic carbocycles. The minimum Gasteiger partial charge on any atom is -0.481 e. The van der Waals surface area contributed by atoms with Gasteiger partial charge in [-0.05, 0) is 18.6 Å². The van der Waals surface area contributed by atoms with Crippen molar-refractivity contribution in [3.05, 3.63) is 40.5 Å². The highest BCUT2D eigenvalue weighted by Gasteiger charge is 2.16. The summed E-state index contributed by atoms with van der Waals surface area (Å²) in [5.74, 6) is -0.134. The van der Waals surface area contributed by atoms with Gasteiger partial charge in [0.25, 0.3) is 5.89 Å². The van der Waals surface area contributed by atoms with Gasteiger partial charge in [-0.25, -0.2) is 4.79 Å². The van der Waals surface area contributed by atoms with E-state index in [1.165, 1.54) is 6.07 Å². The Labute approximate surface area is 120 Å². The Morgan fingerprint density at radius 2 is 2.30 bits per heavy atom. The molecule has 1 heterocycles. The number of hydrogen-bond donors (Lipinski definition) is 1. The van der Waals surface area contributed by atoms with Gasteiger partial charge >= 0.3 is 5.97 Å². The number of rotatable bonds is 6. The van der Waals surface area contributed by atoms with E-state index in [0.29, 0.717) is 5.82 Å². The quantitative estimate of drug-likeness (QED) is 0.882. The maximum absolute atomic E-state index is 11.1. The van der Waals surface area contributed by atoms with Crippen LogP contribution in [0.4, 0.5) is 0 Å². The second-order valence-corrected chi connectivity index (χ2v) is 4.47. The summed E-state index contributed by atoms with van der Waals surface area (Å²) < 4.78 is 10.4. The smallest absolute Gasteiger partial charge is 0.339 e. The predicted molar refractivity (Wildman–Crippen MR) is 71.0 cm³/mol. The molecular weight excluding hydrogens is 284 g/mol. The largest absolute Gasteiger partial charge is 0.481 e. The fraction of sp³-hybridized carbons (Fsp3) is 0.308. The number of para-hydroxylation sites is 1. The van der Waals surface area contributed by atoms with Crippen LogP contribution in [-0.4, -0.2) is 21.2 Å². The Kier molecular flexibility index (Phi) is 4.57. The molecule has 0 aliphatic rings. The first-order valence-electron chi connectivity index (χ1n) is 6.08. The van der Waals surface area contributed by atoms with Gasteiger partial charge in [0, 0.05) is 6.42 Å². The molecule has 0 saturated carbocycles. The summed E-state index contributed by atoms with van der Waals surface area (Å²) in [6.45, 7) is 1.98. The Bertz CT molecular complexity index is 612. The van der Waals surface area contributed by atoms with Gasteiger partial charge in [0.1, 0.15) is 5.56 Å². The summed E-state index contributed by atoms with van der Waals surface area (Å²) in [5.41, 5.74) is -0.00852. The van der Waals surface area contributed by atoms with Crippen LogP contribution in [0.3, 0.4) is 0 Å². The summed E-state index contributed by atoms with van der Waals surface area (Å²) >= 11 is 5.94. The molecule has 7 heteroatoms. The number of carbonyl (C=O) groups is 1. The van der Waals surface area contributed by atoms with Crippen molar-refractivity contribution in [2.75, 3.05) is 0 Å². The maximum Gasteiger partial charge on any atom is 0.339 e. The minimum atomic E-state index is -1.11. The fourth-order valence-electron chi connectivity index (χ4n) is 1.63. The van der Waals surface area contributed by atoms with Crippen LogP contribution < -0.4 is 4.74 Å². The first-order chi connectivity index (χ1) is 9.61. The normalized spacial score (nSPS) is 10.5. The number of aromatic nitrogens is 2. The standard InChI is InChI=1S/C13H13ClN2O4/c1-2-4-10-15-11(20-16-10)7-19-12-8(13(17)18)5-3-6-9(12)14/h3,5-6H,2,4,7H2,1H3,(H,17,18). The van der Waals surface area contributed by atoms with Crippen molar-refractivity contribution in [3.8, 4) is 5.75 Å². The number of ether oxygens (including phenoxy) is 1. The van der Waals surface area contributed by atoms with Crippen LogP contribution in [0.25, 0.3) is 0 Å². The Morgan fingerprint density at radius 1 is 1.50 bits per heavy atom. The molecule has 0 saturated heterocycles. The van der Waals surface area contributed by atoms with Gasteiger partial charge in [-0.3, -0.25) is 0 Å². The highest BCUT2D eigenvalue weighted by molar-refractivity contribution is 6.32. The zero-order chi connectivity index (χ0) is 14.5. The lowest BCUT2D eigenvalue weighted by atomic mass is 10.2. The third kappa shape index (κ3) is 3.27. The lowest BCUT2D eigenvalue weighted by molar-refractivity contribution is 0.0691. The molecule has 0 fully saturated rings. The summed E-state index contributed by atoms with van der Waals surface area (Å²) in [4.78, 5) is 15.2. The topological polar surface area (TPSA) is 85.5 Å². The molecule has 0 aliphatic carbocycles. The first-order valence-corrected chi connectivity index (χ1v) is 6.45. The molecule has 20 heavy (non-hydrogen) atoms. The molecular formula is C13H13ClN2O4. The summed E-state index contributed by atoms with van der Waals surface area (Å²) in [5, 5.41) is 13.1. The molecule has 0 unspecified atom stereocenters. The zero-order valence-corrected chi connectivity index (χ0v) is 11.6. The lowest BCUT2D eigenvalue weighted by Crippen LogP contribution is -2.04. The molecule has 0 atom stereocenters. The van der Waals surface area contributed by atoms with Gasteiger partial charge in [0.05, 0.1) is 5.02 Å². The van der Waals surface area contributed by atoms with Crippen LogP contribution in [0.2, 0.25) is 5.02 Å². The van der Waals surface area contributed by atoms with Crippen LogP contribution in [0.15, 0.2) is 22.7 Å². The maximum atomic E-state index is 11.1. The number of halogens is 1. The van der Waals surface area contributed by atoms with Crippen molar-refractivity contribution in [2.24, 2.45) is 0 Å². The Balaban J connectivity index is 2.12. The average Bonchev–Trinajstić information content (AvgIpc) is 2.85. The molecule has 0 amide bonds. The predicted octanol–water partition coefficient (Wildman–Crippen LogP) is 2.95. The number of aromatic carboxylic acids is 1. The van der Waals surface area contributed by atoms with Crippen molar-refractivity contribution in [1.29, 1.82) is 0 Å². The number of benzene rings is 1. The van der Waals surface area contributed by atoms with Crippen LogP contribution in [0.1, 0.15) is 35.4 Å². The van der Waals surface area contributed by atoms with Crippen molar-refractivity contribution in [2.45, 2.75) is 26.4 Å². The van der Waals surface area contributed by atoms with Gasteiger partial charge in [0.2, 0.25) is 0 Å². The number of carboxylic acids is 1. The second-order valence-electron chi connectivity index (χ2n) is 4.06. The van der Waals surface area contributed by atoms with E-state index >= 15 is 0 Å². The van der Waals surface area contributed by atoms with E-state index in [1.54, 1.807) is 12.1 Å². The zero-order valence-electron chi connectivity index (χ0n) is 10.8. The molecule has 0 radical (unpaired) electrons. The fourth-order valence-corrected chi connectivity index (χ4v) is 1.86. The SMILES string of the molecule is CCCc1noc(COc2c(Cl)cccc2C(=O)O)n1. The number of carboxylic acid groups (broad SMARTS) is 1. The summed E-state index contributed by atoms with van der Waals surface area (Å²) in [6.07, 6.45) is 1.63. The number of nitrogens with zero attached hydrogens (tertiary/aromatic N) is 2. The highest BCUT2D eigenvalue weighted by Crippen LogP contribution is 2.29. The van der Waals surface area contributed by atoms with Crippen molar-refractivity contribution >= 4 is 17.6 Å². The van der Waals surface area contributed by atoms with Gasteiger partial charge < -0.3 is 14.4 Å². The van der Waals surface area contributed by atoms with Crippen LogP contribution in [-0.2, 0) is 13.0 Å². The van der Waals surface area contributed by atoms with Crippen LogP contribution in [0.5, 0.6) is 5.75 Å². The molecule has 106 valence electrons. The van der Waals surface area contributed by atoms with E-state index in [4.69, 9.17) is 26.0 Å². The highest BCUT2D eigenvalue weighted by atomic mass is 35.5. The van der Waals surface area contributed by atoms with Crippen LogP contribution in [0, 0.1) is 0 Å². The minimum absolute atomic E-state index is 0.00852. The van der Waals surface area contributed by atoms with Gasteiger partial charge in [-0.15, -0.1) is 0 Å². The van der Waals surface area contributed by atoms with Gasteiger partial charge in [-0.1, -0.05) is 29.7 Å². The third-order valence-corrected chi connectivity index (χ3v) is 2.82. The number of hydrogen-bond acceptors (Lipinski definition) is 5. The van der Waals surface area contributed by atoms with Gasteiger partial charge in [-0.2, -0.15) is 4.98 Å². The molecule has 2 rings (SSSR count). The molecule has 2 aromatic rings. The second kappa shape index (κ2) is 6.38. The van der Waals surface area contributed by atoms with E-state index in [-0.39, 0.29) is 28.8 Å². The van der Waals surface area contributed by atoms with E-state index < -0.39 is 5.97 Å². The Morgan fingerprint density at radius 3 is 3.00 bits per heavy atom. The monoisotopic (exact) mass is 296 g/mol.